The smallest absolute Gasteiger partial charge is 0.243 e. The van der Waals surface area contributed by atoms with Crippen molar-refractivity contribution in [3.05, 3.63) is 29.3 Å². The molecule has 0 saturated carbocycles. The maximum absolute atomic E-state index is 12.7. The molecule has 1 atom stereocenters. The van der Waals surface area contributed by atoms with Crippen LogP contribution in [-0.2, 0) is 14.8 Å². The number of Topliss-reactive ketones (excluding diaryl/α,β-unsaturated/α-hetero) is 1. The Morgan fingerprint density at radius 1 is 1.43 bits per heavy atom. The first-order chi connectivity index (χ1) is 9.86. The van der Waals surface area contributed by atoms with Crippen molar-refractivity contribution in [1.29, 1.82) is 5.26 Å². The van der Waals surface area contributed by atoms with Crippen LogP contribution in [0.25, 0.3) is 0 Å². The molecule has 1 unspecified atom stereocenters. The van der Waals surface area contributed by atoms with Crippen molar-refractivity contribution in [1.82, 2.24) is 4.31 Å². The van der Waals surface area contributed by atoms with Crippen molar-refractivity contribution in [2.24, 2.45) is 5.92 Å². The molecule has 6 heteroatoms. The number of piperidine rings is 1. The molecule has 112 valence electrons. The Balaban J connectivity index is 2.38. The van der Waals surface area contributed by atoms with Crippen molar-refractivity contribution in [2.75, 3.05) is 13.1 Å². The first-order valence-corrected chi connectivity index (χ1v) is 8.31. The van der Waals surface area contributed by atoms with Crippen LogP contribution in [0.1, 0.15) is 30.9 Å². The van der Waals surface area contributed by atoms with E-state index in [9.17, 15) is 13.2 Å². The molecule has 0 spiro atoms. The highest BCUT2D eigenvalue weighted by Crippen LogP contribution is 2.26. The van der Waals surface area contributed by atoms with Gasteiger partial charge in [-0.15, -0.1) is 0 Å². The molecular weight excluding hydrogens is 288 g/mol. The number of ketones is 1. The molecule has 1 saturated heterocycles. The van der Waals surface area contributed by atoms with Gasteiger partial charge in [0.1, 0.15) is 5.78 Å². The van der Waals surface area contributed by atoms with Crippen molar-refractivity contribution < 1.29 is 13.2 Å². The van der Waals surface area contributed by atoms with E-state index < -0.39 is 10.0 Å². The second-order valence-corrected chi connectivity index (χ2v) is 7.31. The average Bonchev–Trinajstić information content (AvgIpc) is 2.47. The molecule has 0 amide bonds. The minimum absolute atomic E-state index is 0.0254. The van der Waals surface area contributed by atoms with Crippen LogP contribution in [0.15, 0.2) is 23.1 Å². The lowest BCUT2D eigenvalue weighted by Gasteiger charge is -2.31. The van der Waals surface area contributed by atoms with Crippen LogP contribution in [0.4, 0.5) is 0 Å². The van der Waals surface area contributed by atoms with E-state index in [-0.39, 0.29) is 23.1 Å². The van der Waals surface area contributed by atoms with E-state index in [0.717, 1.165) is 6.42 Å². The van der Waals surface area contributed by atoms with Crippen LogP contribution in [0.2, 0.25) is 0 Å². The Morgan fingerprint density at radius 2 is 2.14 bits per heavy atom. The summed E-state index contributed by atoms with van der Waals surface area (Å²) in [5, 5.41) is 8.94. The van der Waals surface area contributed by atoms with Crippen LogP contribution in [-0.4, -0.2) is 31.6 Å². The fourth-order valence-corrected chi connectivity index (χ4v) is 4.35. The number of nitriles is 1. The minimum Gasteiger partial charge on any atom is -0.300 e. The minimum atomic E-state index is -3.66. The molecule has 1 aromatic rings. The molecule has 1 aliphatic rings. The molecule has 21 heavy (non-hydrogen) atoms. The molecule has 1 aromatic carbocycles. The van der Waals surface area contributed by atoms with Gasteiger partial charge in [0.2, 0.25) is 10.0 Å². The molecule has 0 aliphatic carbocycles. The second kappa shape index (κ2) is 5.96. The summed E-state index contributed by atoms with van der Waals surface area (Å²) in [4.78, 5) is 11.7. The third-order valence-corrected chi connectivity index (χ3v) is 5.90. The van der Waals surface area contributed by atoms with Crippen molar-refractivity contribution >= 4 is 15.8 Å². The van der Waals surface area contributed by atoms with E-state index >= 15 is 0 Å². The normalized spacial score (nSPS) is 20.0. The van der Waals surface area contributed by atoms with Crippen LogP contribution < -0.4 is 0 Å². The molecule has 1 aliphatic heterocycles. The van der Waals surface area contributed by atoms with E-state index in [1.54, 1.807) is 19.1 Å². The van der Waals surface area contributed by atoms with Gasteiger partial charge in [-0.1, -0.05) is 6.07 Å². The average molecular weight is 306 g/mol. The summed E-state index contributed by atoms with van der Waals surface area (Å²) in [6, 6.07) is 6.60. The van der Waals surface area contributed by atoms with Crippen molar-refractivity contribution in [3.8, 4) is 6.07 Å². The molecule has 0 aromatic heterocycles. The first-order valence-electron chi connectivity index (χ1n) is 6.87. The fraction of sp³-hybridized carbons (Fsp3) is 0.467. The molecular formula is C15H18N2O3S. The number of sulfonamides is 1. The summed E-state index contributed by atoms with van der Waals surface area (Å²) in [5.74, 6) is -0.203. The predicted octanol–water partition coefficient (Wildman–Crippen LogP) is 1.86. The lowest BCUT2D eigenvalue weighted by molar-refractivity contribution is -0.121. The summed E-state index contributed by atoms with van der Waals surface area (Å²) < 4.78 is 26.9. The van der Waals surface area contributed by atoms with Gasteiger partial charge in [-0.2, -0.15) is 9.57 Å². The predicted molar refractivity (Wildman–Crippen MR) is 78.1 cm³/mol. The quantitative estimate of drug-likeness (QED) is 0.854. The number of rotatable bonds is 3. The fourth-order valence-electron chi connectivity index (χ4n) is 2.58. The van der Waals surface area contributed by atoms with Crippen LogP contribution in [0.5, 0.6) is 0 Å². The second-order valence-electron chi connectivity index (χ2n) is 5.40. The van der Waals surface area contributed by atoms with E-state index in [0.29, 0.717) is 24.1 Å². The summed E-state index contributed by atoms with van der Waals surface area (Å²) in [6.45, 7) is 3.86. The largest absolute Gasteiger partial charge is 0.300 e. The lowest BCUT2D eigenvalue weighted by Crippen LogP contribution is -2.42. The molecule has 0 radical (unpaired) electrons. The van der Waals surface area contributed by atoms with Gasteiger partial charge in [0.15, 0.2) is 0 Å². The zero-order chi connectivity index (χ0) is 15.6. The number of carbonyl (C=O) groups excluding carboxylic acids is 1. The third-order valence-electron chi connectivity index (χ3n) is 3.89. The molecule has 1 fully saturated rings. The molecule has 2 rings (SSSR count). The van der Waals surface area contributed by atoms with Gasteiger partial charge < -0.3 is 0 Å². The zero-order valence-corrected chi connectivity index (χ0v) is 13.0. The Hall–Kier alpha value is -1.71. The maximum Gasteiger partial charge on any atom is 0.243 e. The summed E-state index contributed by atoms with van der Waals surface area (Å²) in [6.07, 6.45) is 1.42. The van der Waals surface area contributed by atoms with Gasteiger partial charge >= 0.3 is 0 Å². The number of carbonyl (C=O) groups is 1. The van der Waals surface area contributed by atoms with Gasteiger partial charge in [0.05, 0.1) is 16.5 Å². The number of hydrogen-bond acceptors (Lipinski definition) is 4. The molecule has 1 heterocycles. The first kappa shape index (κ1) is 15.7. The van der Waals surface area contributed by atoms with E-state index in [2.05, 4.69) is 0 Å². The number of hydrogen-bond donors (Lipinski definition) is 0. The zero-order valence-electron chi connectivity index (χ0n) is 12.2. The van der Waals surface area contributed by atoms with Crippen molar-refractivity contribution in [2.45, 2.75) is 31.6 Å². The summed E-state index contributed by atoms with van der Waals surface area (Å²) in [7, 11) is -3.66. The number of benzene rings is 1. The highest BCUT2D eigenvalue weighted by Gasteiger charge is 2.32. The van der Waals surface area contributed by atoms with Gasteiger partial charge in [0.25, 0.3) is 0 Å². The van der Waals surface area contributed by atoms with E-state index in [1.807, 2.05) is 6.07 Å². The van der Waals surface area contributed by atoms with Crippen molar-refractivity contribution in [3.63, 3.8) is 0 Å². The van der Waals surface area contributed by atoms with Gasteiger partial charge in [0, 0.05) is 19.0 Å². The van der Waals surface area contributed by atoms with Gasteiger partial charge in [-0.05, 0) is 44.4 Å². The number of nitrogens with zero attached hydrogens (tertiary/aromatic N) is 2. The van der Waals surface area contributed by atoms with Crippen LogP contribution in [0, 0.1) is 24.2 Å². The third kappa shape index (κ3) is 3.14. The highest BCUT2D eigenvalue weighted by molar-refractivity contribution is 7.89. The topological polar surface area (TPSA) is 78.2 Å². The van der Waals surface area contributed by atoms with E-state index in [4.69, 9.17) is 5.26 Å². The van der Waals surface area contributed by atoms with Gasteiger partial charge in [-0.25, -0.2) is 8.42 Å². The van der Waals surface area contributed by atoms with Gasteiger partial charge in [-0.3, -0.25) is 4.79 Å². The Labute approximate surface area is 125 Å². The Morgan fingerprint density at radius 3 is 2.76 bits per heavy atom. The van der Waals surface area contributed by atoms with Crippen LogP contribution in [0.3, 0.4) is 0 Å². The molecule has 0 N–H and O–H groups in total. The van der Waals surface area contributed by atoms with E-state index in [1.165, 1.54) is 17.3 Å². The summed E-state index contributed by atoms with van der Waals surface area (Å²) >= 11 is 0. The van der Waals surface area contributed by atoms with Crippen LogP contribution >= 0.6 is 0 Å². The highest BCUT2D eigenvalue weighted by atomic mass is 32.2. The maximum atomic E-state index is 12.7. The Bertz CT molecular complexity index is 704. The standard InChI is InChI=1S/C15H18N2O3S/c1-11-5-6-13(9-16)8-15(11)21(19,20)17-7-3-4-14(10-17)12(2)18/h5-6,8,14H,3-4,7,10H2,1-2H3. The summed E-state index contributed by atoms with van der Waals surface area (Å²) in [5.41, 5.74) is 0.929. The lowest BCUT2D eigenvalue weighted by atomic mass is 9.96. The molecule has 0 bridgehead atoms. The molecule has 5 nitrogen and oxygen atoms in total. The number of aryl methyl sites for hydroxylation is 1. The monoisotopic (exact) mass is 306 g/mol. The SMILES string of the molecule is CC(=O)C1CCCN(S(=O)(=O)c2cc(C#N)ccc2C)C1. The Kier molecular flexibility index (Phi) is 4.45.